The van der Waals surface area contributed by atoms with E-state index in [1.165, 1.54) is 25.2 Å². The number of aryl methyl sites for hydroxylation is 1. The predicted octanol–water partition coefficient (Wildman–Crippen LogP) is 4.45. The summed E-state index contributed by atoms with van der Waals surface area (Å²) >= 11 is 0. The van der Waals surface area contributed by atoms with Crippen molar-refractivity contribution < 1.29 is 30.8 Å². The van der Waals surface area contributed by atoms with Crippen LogP contribution in [0.25, 0.3) is 0 Å². The van der Waals surface area contributed by atoms with Gasteiger partial charge in [-0.1, -0.05) is 31.4 Å². The Morgan fingerprint density at radius 2 is 1.85 bits per heavy atom. The Morgan fingerprint density at radius 1 is 1.18 bits per heavy atom. The van der Waals surface area contributed by atoms with Crippen LogP contribution < -0.4 is 10.0 Å². The number of halogens is 4. The van der Waals surface area contributed by atoms with E-state index in [2.05, 4.69) is 4.98 Å². The van der Waals surface area contributed by atoms with Gasteiger partial charge in [0.15, 0.2) is 0 Å². The number of aromatic nitrogens is 1. The fourth-order valence-corrected chi connectivity index (χ4v) is 4.80. The van der Waals surface area contributed by atoms with Crippen LogP contribution in [0.4, 0.5) is 23.2 Å². The van der Waals surface area contributed by atoms with E-state index < -0.39 is 40.4 Å². The molecule has 6 nitrogen and oxygen atoms in total. The van der Waals surface area contributed by atoms with Gasteiger partial charge in [-0.2, -0.15) is 13.2 Å². The predicted molar refractivity (Wildman–Crippen MR) is 120 cm³/mol. The molecule has 1 aromatic carbocycles. The molecule has 1 saturated carbocycles. The van der Waals surface area contributed by atoms with Gasteiger partial charge in [0.1, 0.15) is 11.5 Å². The maximum Gasteiger partial charge on any atom is 0.433 e. The van der Waals surface area contributed by atoms with Gasteiger partial charge in [0.05, 0.1) is 11.6 Å². The Labute approximate surface area is 197 Å². The number of primary amides is 1. The van der Waals surface area contributed by atoms with Crippen LogP contribution in [0.1, 0.15) is 72.9 Å². The van der Waals surface area contributed by atoms with Crippen molar-refractivity contribution in [2.24, 2.45) is 5.73 Å². The summed E-state index contributed by atoms with van der Waals surface area (Å²) in [5, 5.41) is 0. The monoisotopic (exact) mass is 501 g/mol. The molecule has 11 heteroatoms. The van der Waals surface area contributed by atoms with E-state index in [-0.39, 0.29) is 30.0 Å². The highest BCUT2D eigenvalue weighted by Crippen LogP contribution is 2.37. The molecule has 2 N–H and O–H groups in total. The summed E-state index contributed by atoms with van der Waals surface area (Å²) in [5.74, 6) is -2.53. The number of hydrogen-bond donors (Lipinski definition) is 2. The molecule has 1 fully saturated rings. The average Bonchev–Trinajstić information content (AvgIpc) is 2.78. The van der Waals surface area contributed by atoms with Crippen molar-refractivity contribution in [3.05, 3.63) is 58.7 Å². The van der Waals surface area contributed by atoms with Gasteiger partial charge in [0.2, 0.25) is 16.8 Å². The van der Waals surface area contributed by atoms with Gasteiger partial charge in [-0.3, -0.25) is 9.10 Å². The number of rotatable bonds is 8. The summed E-state index contributed by atoms with van der Waals surface area (Å²) in [6.45, 7) is 0. The number of thiol groups is 1. The summed E-state index contributed by atoms with van der Waals surface area (Å²) in [7, 11) is -1.84. The van der Waals surface area contributed by atoms with E-state index in [1.54, 1.807) is 0 Å². The van der Waals surface area contributed by atoms with Crippen LogP contribution in [0.5, 0.6) is 0 Å². The van der Waals surface area contributed by atoms with E-state index in [4.69, 9.17) is 5.73 Å². The highest BCUT2D eigenvalue weighted by molar-refractivity contribution is 7.74. The molecule has 1 aliphatic rings. The molecule has 0 aliphatic heterocycles. The smallest absolute Gasteiger partial charge is 0.369 e. The first kappa shape index (κ1) is 25.9. The molecule has 3 rings (SSSR count). The third-order valence-corrected chi connectivity index (χ3v) is 7.01. The van der Waals surface area contributed by atoms with Crippen molar-refractivity contribution in [3.63, 3.8) is 0 Å². The Morgan fingerprint density at radius 3 is 2.41 bits per heavy atom. The zero-order chi connectivity index (χ0) is 25.0. The van der Waals surface area contributed by atoms with E-state index in [1.807, 2.05) is 0 Å². The lowest BCUT2D eigenvalue weighted by Crippen LogP contribution is -2.23. The van der Waals surface area contributed by atoms with Crippen LogP contribution in [0.15, 0.2) is 30.3 Å². The molecule has 0 spiro atoms. The van der Waals surface area contributed by atoms with Gasteiger partial charge in [-0.25, -0.2) is 17.8 Å². The lowest BCUT2D eigenvalue weighted by Gasteiger charge is -2.25. The quantitative estimate of drug-likeness (QED) is 0.413. The first-order valence-corrected chi connectivity index (χ1v) is 12.2. The van der Waals surface area contributed by atoms with E-state index in [0.717, 1.165) is 48.5 Å². The fourth-order valence-electron chi connectivity index (χ4n) is 4.47. The Kier molecular flexibility index (Phi) is 8.17. The number of alkyl halides is 3. The summed E-state index contributed by atoms with van der Waals surface area (Å²) in [5.41, 5.74) is 5.73. The van der Waals surface area contributed by atoms with Crippen LogP contribution in [0, 0.1) is 5.82 Å². The van der Waals surface area contributed by atoms with Gasteiger partial charge in [-0.15, -0.1) is 0 Å². The van der Waals surface area contributed by atoms with Gasteiger partial charge in [0.25, 0.3) is 0 Å². The molecular formula is C23H27F4N3O3S. The number of carbonyl (C=O) groups excluding carboxylic acids is 1. The van der Waals surface area contributed by atoms with Gasteiger partial charge in [-0.05, 0) is 55.0 Å². The fraction of sp³-hybridized carbons (Fsp3) is 0.478. The second kappa shape index (κ2) is 10.7. The first-order chi connectivity index (χ1) is 16.0. The van der Waals surface area contributed by atoms with Crippen LogP contribution in [0.2, 0.25) is 0 Å². The number of carbonyl (C=O) groups is 1. The van der Waals surface area contributed by atoms with Crippen molar-refractivity contribution in [2.75, 3.05) is 11.4 Å². The SMILES string of the molecule is CN(c1ccc(C(CCc2ccc(C(F)(F)F)nc2C2CCCCC2)C(N)=O)cc1F)[SH](=O)=O. The number of anilines is 1. The van der Waals surface area contributed by atoms with E-state index in [0.29, 0.717) is 11.3 Å². The summed E-state index contributed by atoms with van der Waals surface area (Å²) < 4.78 is 77.4. The zero-order valence-corrected chi connectivity index (χ0v) is 19.5. The van der Waals surface area contributed by atoms with E-state index in [9.17, 15) is 30.8 Å². The second-order valence-corrected chi connectivity index (χ2v) is 9.62. The molecule has 0 saturated heterocycles. The summed E-state index contributed by atoms with van der Waals surface area (Å²) in [4.78, 5) is 16.1. The molecule has 1 aliphatic carbocycles. The van der Waals surface area contributed by atoms with Crippen LogP contribution in [-0.2, 0) is 28.3 Å². The van der Waals surface area contributed by atoms with Gasteiger partial charge in [0, 0.05) is 18.7 Å². The minimum atomic E-state index is -4.56. The largest absolute Gasteiger partial charge is 0.433 e. The Bertz CT molecular complexity index is 1110. The third kappa shape index (κ3) is 6.05. The average molecular weight is 502 g/mol. The highest BCUT2D eigenvalue weighted by Gasteiger charge is 2.34. The van der Waals surface area contributed by atoms with Crippen molar-refractivity contribution >= 4 is 22.5 Å². The maximum atomic E-state index is 14.5. The molecule has 1 heterocycles. The van der Waals surface area contributed by atoms with Crippen LogP contribution in [-0.4, -0.2) is 26.4 Å². The lowest BCUT2D eigenvalue weighted by atomic mass is 9.83. The standard InChI is InChI=1S/C23H27F4N3O3S/c1-30(34(32)33)19-11-8-16(13-18(19)24)17(22(28)31)10-7-15-9-12-20(23(25,26)27)29-21(15)14-5-3-2-4-6-14/h8-9,11-14,17,34H,2-7,10H2,1H3,(H2,28,31). The van der Waals surface area contributed by atoms with Crippen molar-refractivity contribution in [2.45, 2.75) is 63.0 Å². The van der Waals surface area contributed by atoms with Crippen molar-refractivity contribution in [1.82, 2.24) is 4.98 Å². The highest BCUT2D eigenvalue weighted by atomic mass is 32.2. The molecule has 34 heavy (non-hydrogen) atoms. The van der Waals surface area contributed by atoms with Crippen LogP contribution in [0.3, 0.4) is 0 Å². The molecule has 1 atom stereocenters. The normalized spacial score (nSPS) is 15.9. The zero-order valence-electron chi connectivity index (χ0n) is 18.6. The minimum Gasteiger partial charge on any atom is -0.369 e. The van der Waals surface area contributed by atoms with Gasteiger partial charge < -0.3 is 5.73 Å². The summed E-state index contributed by atoms with van der Waals surface area (Å²) in [6, 6.07) is 6.08. The molecule has 186 valence electrons. The molecule has 1 aromatic heterocycles. The number of nitrogens with zero attached hydrogens (tertiary/aromatic N) is 2. The van der Waals surface area contributed by atoms with Crippen molar-refractivity contribution in [3.8, 4) is 0 Å². The van der Waals surface area contributed by atoms with Gasteiger partial charge >= 0.3 is 6.18 Å². The molecule has 1 amide bonds. The maximum absolute atomic E-state index is 14.5. The van der Waals surface area contributed by atoms with E-state index >= 15 is 0 Å². The second-order valence-electron chi connectivity index (χ2n) is 8.54. The molecule has 0 radical (unpaired) electrons. The number of pyridine rings is 1. The third-order valence-electron chi connectivity index (χ3n) is 6.31. The minimum absolute atomic E-state index is 0.0839. The molecule has 2 aromatic rings. The number of hydrogen-bond acceptors (Lipinski definition) is 4. The van der Waals surface area contributed by atoms with Crippen molar-refractivity contribution in [1.29, 1.82) is 0 Å². The van der Waals surface area contributed by atoms with Crippen LogP contribution >= 0.6 is 0 Å². The molecule has 0 bridgehead atoms. The lowest BCUT2D eigenvalue weighted by molar-refractivity contribution is -0.141. The number of nitrogens with two attached hydrogens (primary N) is 1. The first-order valence-electron chi connectivity index (χ1n) is 11.0. The summed E-state index contributed by atoms with van der Waals surface area (Å²) in [6.07, 6.45) is 0.199. The molecule has 1 unspecified atom stereocenters. The Hall–Kier alpha value is -2.69. The number of benzene rings is 1. The Balaban J connectivity index is 1.88. The number of amides is 1. The topological polar surface area (TPSA) is 93.4 Å². The molecular weight excluding hydrogens is 474 g/mol.